The molecule has 0 radical (unpaired) electrons. The lowest BCUT2D eigenvalue weighted by Gasteiger charge is -2.49. The van der Waals surface area contributed by atoms with Gasteiger partial charge in [0.25, 0.3) is 0 Å². The summed E-state index contributed by atoms with van der Waals surface area (Å²) in [4.78, 5) is 12.6. The molecule has 2 aliphatic rings. The molecule has 12 heteroatoms. The second-order valence-electron chi connectivity index (χ2n) is 13.9. The highest BCUT2D eigenvalue weighted by Crippen LogP contribution is 2.35. The van der Waals surface area contributed by atoms with Gasteiger partial charge in [0, 0.05) is 28.3 Å². The maximum Gasteiger partial charge on any atom is 0.303 e. The average molecular weight is 787 g/mol. The Kier molecular flexibility index (Phi) is 16.6. The molecule has 57 heavy (non-hydrogen) atoms. The quantitative estimate of drug-likeness (QED) is 0.0974. The van der Waals surface area contributed by atoms with Gasteiger partial charge in [-0.1, -0.05) is 121 Å². The molecule has 12 nitrogen and oxygen atoms in total. The molecule has 0 aromatic heterocycles. The molecule has 10 atom stereocenters. The molecule has 0 unspecified atom stereocenters. The molecule has 4 aromatic carbocycles. The van der Waals surface area contributed by atoms with Crippen LogP contribution in [0.2, 0.25) is 0 Å². The maximum absolute atomic E-state index is 12.6. The fourth-order valence-corrected chi connectivity index (χ4v) is 7.13. The average Bonchev–Trinajstić information content (AvgIpc) is 3.24. The second kappa shape index (κ2) is 22.2. The predicted molar refractivity (Wildman–Crippen MR) is 209 cm³/mol. The molecule has 0 spiro atoms. The van der Waals surface area contributed by atoms with Gasteiger partial charge in [-0.25, -0.2) is 0 Å². The molecule has 2 aliphatic heterocycles. The monoisotopic (exact) mass is 786 g/mol. The van der Waals surface area contributed by atoms with Crippen molar-refractivity contribution in [1.82, 2.24) is 0 Å². The topological polar surface area (TPSA) is 119 Å². The Balaban J connectivity index is 1.31. The van der Waals surface area contributed by atoms with E-state index in [1.807, 2.05) is 121 Å². The van der Waals surface area contributed by atoms with Crippen LogP contribution in [0.3, 0.4) is 0 Å². The van der Waals surface area contributed by atoms with E-state index in [1.165, 1.54) is 6.92 Å². The van der Waals surface area contributed by atoms with Crippen molar-refractivity contribution >= 4 is 5.97 Å². The van der Waals surface area contributed by atoms with Gasteiger partial charge in [0.1, 0.15) is 42.7 Å². The fourth-order valence-electron chi connectivity index (χ4n) is 7.13. The normalized spacial score (nSPS) is 27.5. The summed E-state index contributed by atoms with van der Waals surface area (Å²) in [7, 11) is 4.71. The van der Waals surface area contributed by atoms with Crippen LogP contribution in [0.4, 0.5) is 0 Å². The summed E-state index contributed by atoms with van der Waals surface area (Å²) in [5.41, 5.74) is 3.87. The van der Waals surface area contributed by atoms with Gasteiger partial charge in [0.05, 0.1) is 39.6 Å². The van der Waals surface area contributed by atoms with E-state index in [0.29, 0.717) is 13.2 Å². The predicted octanol–water partition coefficient (Wildman–Crippen LogP) is 6.03. The zero-order chi connectivity index (χ0) is 39.8. The Bertz CT molecular complexity index is 1720. The molecular formula is C45H54O12. The van der Waals surface area contributed by atoms with E-state index in [9.17, 15) is 4.79 Å². The van der Waals surface area contributed by atoms with Crippen LogP contribution < -0.4 is 0 Å². The highest BCUT2D eigenvalue weighted by atomic mass is 16.8. The minimum atomic E-state index is -1.09. The smallest absolute Gasteiger partial charge is 0.303 e. The Morgan fingerprint density at radius 3 is 1.28 bits per heavy atom. The van der Waals surface area contributed by atoms with Gasteiger partial charge in [0.15, 0.2) is 18.7 Å². The molecule has 0 bridgehead atoms. The van der Waals surface area contributed by atoms with E-state index in [-0.39, 0.29) is 26.4 Å². The minimum absolute atomic E-state index is 0.0605. The zero-order valence-corrected chi connectivity index (χ0v) is 33.0. The van der Waals surface area contributed by atoms with E-state index in [1.54, 1.807) is 21.3 Å². The summed E-state index contributed by atoms with van der Waals surface area (Å²) in [6, 6.07) is 39.2. The van der Waals surface area contributed by atoms with Gasteiger partial charge >= 0.3 is 5.97 Å². The number of esters is 1. The third-order valence-corrected chi connectivity index (χ3v) is 9.91. The number of benzene rings is 4. The van der Waals surface area contributed by atoms with E-state index in [0.717, 1.165) is 22.3 Å². The van der Waals surface area contributed by atoms with Crippen molar-refractivity contribution in [2.75, 3.05) is 34.5 Å². The Labute approximate surface area is 335 Å². The van der Waals surface area contributed by atoms with Crippen LogP contribution in [0.25, 0.3) is 0 Å². The van der Waals surface area contributed by atoms with Crippen molar-refractivity contribution in [2.45, 2.75) is 94.8 Å². The minimum Gasteiger partial charge on any atom is -0.457 e. The van der Waals surface area contributed by atoms with Crippen LogP contribution in [-0.2, 0) is 83.3 Å². The van der Waals surface area contributed by atoms with Gasteiger partial charge < -0.3 is 52.1 Å². The highest BCUT2D eigenvalue weighted by Gasteiger charge is 2.54. The van der Waals surface area contributed by atoms with E-state index in [2.05, 4.69) is 0 Å². The molecule has 0 aliphatic carbocycles. The van der Waals surface area contributed by atoms with E-state index in [4.69, 9.17) is 52.1 Å². The summed E-state index contributed by atoms with van der Waals surface area (Å²) in [6.45, 7) is 2.66. The van der Waals surface area contributed by atoms with Crippen LogP contribution in [0.15, 0.2) is 121 Å². The third kappa shape index (κ3) is 12.0. The highest BCUT2D eigenvalue weighted by molar-refractivity contribution is 5.66. The van der Waals surface area contributed by atoms with Crippen LogP contribution in [0.5, 0.6) is 0 Å². The first-order chi connectivity index (χ1) is 28.0. The second-order valence-corrected chi connectivity index (χ2v) is 13.9. The molecule has 4 aromatic rings. The Morgan fingerprint density at radius 1 is 0.474 bits per heavy atom. The van der Waals surface area contributed by atoms with Crippen molar-refractivity contribution in [3.63, 3.8) is 0 Å². The Morgan fingerprint density at radius 2 is 0.860 bits per heavy atom. The summed E-state index contributed by atoms with van der Waals surface area (Å²) < 4.78 is 70.0. The first-order valence-electron chi connectivity index (χ1n) is 19.2. The number of hydrogen-bond acceptors (Lipinski definition) is 12. The number of methoxy groups -OCH3 is 3. The van der Waals surface area contributed by atoms with Gasteiger partial charge in [-0.05, 0) is 22.3 Å². The lowest BCUT2D eigenvalue weighted by atomic mass is 9.96. The SMILES string of the molecule is CO[C@H]1O[C@H](COCc2ccccc2)[C@@H](O[C@H]2O[C@H](COCc3ccccc3)[C@@H](OC(C)=O)[C@H](OC)[C@@H]2OCc2ccccc2)[C@H](OC)[C@@H]1OCc1ccccc1. The number of carbonyl (C=O) groups is 1. The summed E-state index contributed by atoms with van der Waals surface area (Å²) in [6.07, 6.45) is -8.32. The van der Waals surface area contributed by atoms with Crippen molar-refractivity contribution in [2.24, 2.45) is 0 Å². The largest absolute Gasteiger partial charge is 0.457 e. The van der Waals surface area contributed by atoms with E-state index < -0.39 is 67.4 Å². The van der Waals surface area contributed by atoms with Crippen LogP contribution in [-0.4, -0.2) is 102 Å². The summed E-state index contributed by atoms with van der Waals surface area (Å²) >= 11 is 0. The molecule has 0 amide bonds. The molecule has 0 saturated carbocycles. The first-order valence-corrected chi connectivity index (χ1v) is 19.2. The van der Waals surface area contributed by atoms with E-state index >= 15 is 0 Å². The molecule has 306 valence electrons. The molecular weight excluding hydrogens is 732 g/mol. The number of ether oxygens (including phenoxy) is 11. The molecule has 2 fully saturated rings. The van der Waals surface area contributed by atoms with Gasteiger partial charge in [-0.15, -0.1) is 0 Å². The number of rotatable bonds is 20. The van der Waals surface area contributed by atoms with Crippen molar-refractivity contribution < 1.29 is 56.9 Å². The maximum atomic E-state index is 12.6. The van der Waals surface area contributed by atoms with Gasteiger partial charge in [-0.3, -0.25) is 4.79 Å². The van der Waals surface area contributed by atoms with Gasteiger partial charge in [-0.2, -0.15) is 0 Å². The van der Waals surface area contributed by atoms with Crippen LogP contribution in [0.1, 0.15) is 29.2 Å². The Hall–Kier alpha value is -4.05. The van der Waals surface area contributed by atoms with Crippen molar-refractivity contribution in [3.8, 4) is 0 Å². The lowest BCUT2D eigenvalue weighted by molar-refractivity contribution is -0.370. The van der Waals surface area contributed by atoms with Crippen LogP contribution >= 0.6 is 0 Å². The molecule has 6 rings (SSSR count). The third-order valence-electron chi connectivity index (χ3n) is 9.91. The summed E-state index contributed by atoms with van der Waals surface area (Å²) in [5, 5.41) is 0. The first kappa shape index (κ1) is 42.6. The van der Waals surface area contributed by atoms with Crippen molar-refractivity contribution in [3.05, 3.63) is 144 Å². The molecule has 0 N–H and O–H groups in total. The molecule has 2 saturated heterocycles. The lowest BCUT2D eigenvalue weighted by Crippen LogP contribution is -2.66. The van der Waals surface area contributed by atoms with Crippen LogP contribution in [0, 0.1) is 0 Å². The fraction of sp³-hybridized carbons (Fsp3) is 0.444. The van der Waals surface area contributed by atoms with Crippen molar-refractivity contribution in [1.29, 1.82) is 0 Å². The molecule has 2 heterocycles. The number of hydrogen-bond donors (Lipinski definition) is 0. The zero-order valence-electron chi connectivity index (χ0n) is 33.0. The number of carbonyl (C=O) groups excluding carboxylic acids is 1. The standard InChI is InChI=1S/C45H54O12/c1-31(46)54-38-36(29-50-25-32-17-9-5-10-18-32)56-45(43(40(38)47-2)53-28-35-23-15-8-16-24-35)57-39-37(30-51-26-33-19-11-6-12-20-33)55-44(49-4)42(41(39)48-3)52-27-34-21-13-7-14-22-34/h5-24,36-45H,25-30H2,1-4H3/t36-,37-,38-,39-,40+,41+,42+,43+,44+,45-/m1/s1. The summed E-state index contributed by atoms with van der Waals surface area (Å²) in [5.74, 6) is -0.500. The van der Waals surface area contributed by atoms with Gasteiger partial charge in [0.2, 0.25) is 0 Å².